The van der Waals surface area contributed by atoms with E-state index in [0.717, 1.165) is 10.7 Å². The lowest BCUT2D eigenvalue weighted by molar-refractivity contribution is -0.641. The van der Waals surface area contributed by atoms with Crippen molar-refractivity contribution >= 4 is 28.1 Å². The summed E-state index contributed by atoms with van der Waals surface area (Å²) in [7, 11) is 0. The van der Waals surface area contributed by atoms with E-state index in [1.165, 1.54) is 10.8 Å². The Kier molecular flexibility index (Phi) is 4.25. The van der Waals surface area contributed by atoms with Gasteiger partial charge in [-0.15, -0.1) is 0 Å². The average molecular weight is 291 g/mol. The van der Waals surface area contributed by atoms with Crippen LogP contribution in [0, 0.1) is 0 Å². The fourth-order valence-electron chi connectivity index (χ4n) is 1.88. The van der Waals surface area contributed by atoms with Gasteiger partial charge in [-0.1, -0.05) is 34.5 Å². The fourth-order valence-corrected chi connectivity index (χ4v) is 2.00. The highest BCUT2D eigenvalue weighted by atomic mass is 35.5. The smallest absolute Gasteiger partial charge is 0.207 e. The molecule has 96 valence electrons. The number of nitrogens with zero attached hydrogens (tertiary/aromatic N) is 1. The van der Waals surface area contributed by atoms with Crippen molar-refractivity contribution in [1.82, 2.24) is 0 Å². The Bertz CT molecular complexity index is 681. The molecule has 0 amide bonds. The van der Waals surface area contributed by atoms with Gasteiger partial charge in [-0.3, -0.25) is 0 Å². The van der Waals surface area contributed by atoms with E-state index in [1.54, 1.807) is 0 Å². The van der Waals surface area contributed by atoms with Crippen LogP contribution in [0.3, 0.4) is 0 Å². The van der Waals surface area contributed by atoms with Crippen molar-refractivity contribution in [2.45, 2.75) is 0 Å². The van der Waals surface area contributed by atoms with Gasteiger partial charge in [0.05, 0.1) is 5.69 Å². The molecule has 19 heavy (non-hydrogen) atoms. The quantitative estimate of drug-likeness (QED) is 0.686. The minimum atomic E-state index is 0. The maximum absolute atomic E-state index is 5.86. The second-order valence-electron chi connectivity index (χ2n) is 4.10. The fraction of sp³-hybridized carbons (Fsp3) is 0. The number of benzene rings is 2. The van der Waals surface area contributed by atoms with Gasteiger partial charge in [-0.05, 0) is 35.7 Å². The van der Waals surface area contributed by atoms with Crippen molar-refractivity contribution in [3.05, 3.63) is 72.0 Å². The largest absolute Gasteiger partial charge is 1.00 e. The maximum Gasteiger partial charge on any atom is 0.207 e. The van der Waals surface area contributed by atoms with E-state index in [0.29, 0.717) is 0 Å². The number of hydrogen-bond donors (Lipinski definition) is 1. The van der Waals surface area contributed by atoms with Gasteiger partial charge >= 0.3 is 0 Å². The molecule has 0 aliphatic heterocycles. The lowest BCUT2D eigenvalue weighted by Gasteiger charge is -2.01. The zero-order chi connectivity index (χ0) is 12.4. The molecule has 0 fully saturated rings. The molecule has 4 heteroatoms. The van der Waals surface area contributed by atoms with Gasteiger partial charge in [0.25, 0.3) is 0 Å². The summed E-state index contributed by atoms with van der Waals surface area (Å²) in [5.41, 5.74) is 4.28. The van der Waals surface area contributed by atoms with Crippen LogP contribution in [0.4, 0.5) is 5.69 Å². The Morgan fingerprint density at radius 2 is 1.53 bits per heavy atom. The molecule has 0 saturated carbocycles. The molecule has 0 saturated heterocycles. The molecule has 3 aromatic rings. The highest BCUT2D eigenvalue weighted by molar-refractivity contribution is 6.30. The average Bonchev–Trinajstić information content (AvgIpc) is 2.41. The minimum absolute atomic E-state index is 0. The molecule has 2 aromatic carbocycles. The van der Waals surface area contributed by atoms with Crippen LogP contribution in [0.15, 0.2) is 67.0 Å². The van der Waals surface area contributed by atoms with Crippen LogP contribution in [0.25, 0.3) is 10.8 Å². The van der Waals surface area contributed by atoms with E-state index in [1.807, 2.05) is 47.3 Å². The number of rotatable bonds is 2. The summed E-state index contributed by atoms with van der Waals surface area (Å²) in [4.78, 5) is 0. The lowest BCUT2D eigenvalue weighted by atomic mass is 10.2. The molecule has 0 bridgehead atoms. The first-order valence-corrected chi connectivity index (χ1v) is 6.12. The Labute approximate surface area is 123 Å². The van der Waals surface area contributed by atoms with E-state index in [2.05, 4.69) is 29.8 Å². The topological polar surface area (TPSA) is 15.9 Å². The van der Waals surface area contributed by atoms with Crippen molar-refractivity contribution in [3.8, 4) is 0 Å². The van der Waals surface area contributed by atoms with Crippen molar-refractivity contribution < 1.29 is 17.1 Å². The maximum atomic E-state index is 5.86. The first kappa shape index (κ1) is 13.7. The Balaban J connectivity index is 0.00000133. The molecule has 0 spiro atoms. The molecule has 3 rings (SSSR count). The summed E-state index contributed by atoms with van der Waals surface area (Å²) in [6.45, 7) is 0. The molecule has 1 heterocycles. The van der Waals surface area contributed by atoms with Crippen molar-refractivity contribution in [3.63, 3.8) is 0 Å². The molecule has 0 aliphatic carbocycles. The highest BCUT2D eigenvalue weighted by Crippen LogP contribution is 2.13. The number of aromatic nitrogens is 1. The zero-order valence-corrected chi connectivity index (χ0v) is 11.6. The van der Waals surface area contributed by atoms with Crippen LogP contribution in [0.1, 0.15) is 0 Å². The third-order valence-corrected chi connectivity index (χ3v) is 3.04. The standard InChI is InChI=1S/C15H12ClN2.ClH/c16-14-5-7-15(8-6-14)17-18-10-9-12-3-1-2-4-13(12)11-18;/h1-11,17H;1H/q+1;/p-1. The predicted octanol–water partition coefficient (Wildman–Crippen LogP) is 0.660. The van der Waals surface area contributed by atoms with Crippen molar-refractivity contribution in [2.75, 3.05) is 5.43 Å². The predicted molar refractivity (Wildman–Crippen MR) is 74.6 cm³/mol. The number of pyridine rings is 1. The number of halogens is 2. The number of hydrogen-bond acceptors (Lipinski definition) is 1. The summed E-state index contributed by atoms with van der Waals surface area (Å²) in [5.74, 6) is 0. The van der Waals surface area contributed by atoms with Crippen LogP contribution >= 0.6 is 11.6 Å². The van der Waals surface area contributed by atoms with Gasteiger partial charge in [0.1, 0.15) is 0 Å². The van der Waals surface area contributed by atoms with Crippen LogP contribution in [0.5, 0.6) is 0 Å². The zero-order valence-electron chi connectivity index (χ0n) is 10.1. The van der Waals surface area contributed by atoms with Crippen LogP contribution < -0.4 is 22.5 Å². The van der Waals surface area contributed by atoms with Crippen LogP contribution in [-0.2, 0) is 0 Å². The monoisotopic (exact) mass is 290 g/mol. The molecule has 0 atom stereocenters. The normalized spacial score (nSPS) is 9.95. The SMILES string of the molecule is Clc1ccc(N[n+]2ccc3ccccc3c2)cc1.[Cl-]. The van der Waals surface area contributed by atoms with Crippen LogP contribution in [0.2, 0.25) is 5.02 Å². The van der Waals surface area contributed by atoms with Crippen LogP contribution in [-0.4, -0.2) is 0 Å². The van der Waals surface area contributed by atoms with Gasteiger partial charge in [-0.25, -0.2) is 0 Å². The van der Waals surface area contributed by atoms with Gasteiger partial charge in [0, 0.05) is 16.5 Å². The number of anilines is 1. The van der Waals surface area contributed by atoms with E-state index in [9.17, 15) is 0 Å². The number of nitrogens with one attached hydrogen (secondary N) is 1. The van der Waals surface area contributed by atoms with E-state index in [-0.39, 0.29) is 12.4 Å². The van der Waals surface area contributed by atoms with Gasteiger partial charge in [-0.2, -0.15) is 5.43 Å². The molecule has 1 aromatic heterocycles. The van der Waals surface area contributed by atoms with E-state index >= 15 is 0 Å². The molecular formula is C15H12Cl2N2. The van der Waals surface area contributed by atoms with E-state index in [4.69, 9.17) is 11.6 Å². The summed E-state index contributed by atoms with van der Waals surface area (Å²) in [5, 5.41) is 3.16. The third kappa shape index (κ3) is 3.16. The number of fused-ring (bicyclic) bond motifs is 1. The van der Waals surface area contributed by atoms with Gasteiger partial charge in [0.15, 0.2) is 6.20 Å². The van der Waals surface area contributed by atoms with E-state index < -0.39 is 0 Å². The van der Waals surface area contributed by atoms with Gasteiger partial charge < -0.3 is 12.4 Å². The van der Waals surface area contributed by atoms with Crippen molar-refractivity contribution in [1.29, 1.82) is 0 Å². The summed E-state index contributed by atoms with van der Waals surface area (Å²) in [6, 6.07) is 18.0. The molecule has 2 nitrogen and oxygen atoms in total. The van der Waals surface area contributed by atoms with Gasteiger partial charge in [0.2, 0.25) is 6.20 Å². The third-order valence-electron chi connectivity index (χ3n) is 2.79. The molecule has 0 aliphatic rings. The Morgan fingerprint density at radius 3 is 2.26 bits per heavy atom. The Morgan fingerprint density at radius 1 is 0.842 bits per heavy atom. The molecule has 1 N–H and O–H groups in total. The lowest BCUT2D eigenvalue weighted by Crippen LogP contribution is -3.00. The second kappa shape index (κ2) is 5.91. The molecule has 0 unspecified atom stereocenters. The first-order chi connectivity index (χ1) is 8.81. The second-order valence-corrected chi connectivity index (χ2v) is 4.54. The molecular weight excluding hydrogens is 279 g/mol. The Hall–Kier alpha value is -1.77. The minimum Gasteiger partial charge on any atom is -1.00 e. The summed E-state index contributed by atoms with van der Waals surface area (Å²) >= 11 is 5.86. The summed E-state index contributed by atoms with van der Waals surface area (Å²) in [6.07, 6.45) is 4.06. The molecule has 0 radical (unpaired) electrons. The summed E-state index contributed by atoms with van der Waals surface area (Å²) < 4.78 is 1.94. The van der Waals surface area contributed by atoms with Crippen molar-refractivity contribution in [2.24, 2.45) is 0 Å². The first-order valence-electron chi connectivity index (χ1n) is 5.74. The highest BCUT2D eigenvalue weighted by Gasteiger charge is 2.03.